The Morgan fingerprint density at radius 1 is 1.46 bits per heavy atom. The Morgan fingerprint density at radius 3 is 3.00 bits per heavy atom. The zero-order valence-electron chi connectivity index (χ0n) is 13.7. The lowest BCUT2D eigenvalue weighted by atomic mass is 9.96. The molecule has 7 nitrogen and oxygen atoms in total. The SMILES string of the molecule is COCCc1noc(C2CCN(C(=O)/C=C/c3ccco3)CC2)n1. The first kappa shape index (κ1) is 16.4. The molecule has 0 aromatic carbocycles. The summed E-state index contributed by atoms with van der Waals surface area (Å²) in [5.41, 5.74) is 0. The van der Waals surface area contributed by atoms with Crippen LogP contribution in [0.2, 0.25) is 0 Å². The minimum atomic E-state index is -0.00355. The quantitative estimate of drug-likeness (QED) is 0.755. The van der Waals surface area contributed by atoms with E-state index >= 15 is 0 Å². The van der Waals surface area contributed by atoms with Crippen LogP contribution in [0.4, 0.5) is 0 Å². The van der Waals surface area contributed by atoms with Crippen molar-refractivity contribution in [3.05, 3.63) is 41.9 Å². The van der Waals surface area contributed by atoms with E-state index in [0.717, 1.165) is 12.8 Å². The van der Waals surface area contributed by atoms with E-state index in [2.05, 4.69) is 10.1 Å². The molecule has 1 saturated heterocycles. The van der Waals surface area contributed by atoms with Crippen LogP contribution in [0.3, 0.4) is 0 Å². The van der Waals surface area contributed by atoms with Crippen molar-refractivity contribution in [3.8, 4) is 0 Å². The molecule has 0 spiro atoms. The third-order valence-corrected chi connectivity index (χ3v) is 4.10. The largest absolute Gasteiger partial charge is 0.465 e. The molecule has 0 unspecified atom stereocenters. The van der Waals surface area contributed by atoms with Gasteiger partial charge in [-0.05, 0) is 31.1 Å². The summed E-state index contributed by atoms with van der Waals surface area (Å²) in [5.74, 6) is 2.22. The van der Waals surface area contributed by atoms with Crippen molar-refractivity contribution in [3.63, 3.8) is 0 Å². The Kier molecular flexibility index (Phi) is 5.43. The van der Waals surface area contributed by atoms with Crippen LogP contribution in [0.15, 0.2) is 33.4 Å². The first-order valence-corrected chi connectivity index (χ1v) is 8.08. The topological polar surface area (TPSA) is 81.6 Å². The fraction of sp³-hybridized carbons (Fsp3) is 0.471. The number of carbonyl (C=O) groups is 1. The van der Waals surface area contributed by atoms with E-state index < -0.39 is 0 Å². The van der Waals surface area contributed by atoms with Gasteiger partial charge in [0.2, 0.25) is 11.8 Å². The number of ether oxygens (including phenoxy) is 1. The first-order chi connectivity index (χ1) is 11.8. The normalized spacial score (nSPS) is 16.1. The number of hydrogen-bond donors (Lipinski definition) is 0. The number of aromatic nitrogens is 2. The molecular weight excluding hydrogens is 310 g/mol. The number of furan rings is 1. The van der Waals surface area contributed by atoms with Crippen molar-refractivity contribution in [2.45, 2.75) is 25.2 Å². The molecule has 0 aliphatic carbocycles. The summed E-state index contributed by atoms with van der Waals surface area (Å²) in [7, 11) is 1.65. The van der Waals surface area contributed by atoms with Crippen LogP contribution < -0.4 is 0 Å². The summed E-state index contributed by atoms with van der Waals surface area (Å²) in [6.07, 6.45) is 7.12. The van der Waals surface area contributed by atoms with Crippen molar-refractivity contribution in [2.75, 3.05) is 26.8 Å². The zero-order valence-corrected chi connectivity index (χ0v) is 13.7. The van der Waals surface area contributed by atoms with Gasteiger partial charge in [0.05, 0.1) is 12.9 Å². The van der Waals surface area contributed by atoms with Gasteiger partial charge in [0.25, 0.3) is 0 Å². The van der Waals surface area contributed by atoms with Crippen LogP contribution in [0.5, 0.6) is 0 Å². The van der Waals surface area contributed by atoms with E-state index in [9.17, 15) is 4.79 Å². The predicted octanol–water partition coefficient (Wildman–Crippen LogP) is 2.27. The zero-order chi connectivity index (χ0) is 16.8. The highest BCUT2D eigenvalue weighted by molar-refractivity contribution is 5.91. The number of likely N-dealkylation sites (tertiary alicyclic amines) is 1. The molecule has 1 amide bonds. The van der Waals surface area contributed by atoms with E-state index in [0.29, 0.717) is 43.6 Å². The maximum atomic E-state index is 12.2. The van der Waals surface area contributed by atoms with E-state index in [-0.39, 0.29) is 11.8 Å². The van der Waals surface area contributed by atoms with E-state index in [1.165, 1.54) is 0 Å². The van der Waals surface area contributed by atoms with Crippen LogP contribution in [0, 0.1) is 0 Å². The maximum Gasteiger partial charge on any atom is 0.246 e. The lowest BCUT2D eigenvalue weighted by Crippen LogP contribution is -2.36. The molecule has 128 valence electrons. The van der Waals surface area contributed by atoms with Gasteiger partial charge in [-0.3, -0.25) is 4.79 Å². The van der Waals surface area contributed by atoms with Crippen LogP contribution in [0.25, 0.3) is 6.08 Å². The second-order valence-corrected chi connectivity index (χ2v) is 5.74. The molecule has 2 aromatic rings. The highest BCUT2D eigenvalue weighted by Crippen LogP contribution is 2.27. The van der Waals surface area contributed by atoms with Crippen LogP contribution in [0.1, 0.15) is 36.2 Å². The third-order valence-electron chi connectivity index (χ3n) is 4.10. The molecule has 0 saturated carbocycles. The number of piperidine rings is 1. The molecule has 1 aliphatic rings. The highest BCUT2D eigenvalue weighted by atomic mass is 16.5. The molecule has 3 rings (SSSR count). The number of carbonyl (C=O) groups excluding carboxylic acids is 1. The monoisotopic (exact) mass is 331 g/mol. The van der Waals surface area contributed by atoms with E-state index in [1.807, 2.05) is 11.0 Å². The van der Waals surface area contributed by atoms with Gasteiger partial charge in [0, 0.05) is 38.6 Å². The molecule has 7 heteroatoms. The smallest absolute Gasteiger partial charge is 0.246 e. The summed E-state index contributed by atoms with van der Waals surface area (Å²) in [5, 5.41) is 3.97. The Balaban J connectivity index is 1.50. The second-order valence-electron chi connectivity index (χ2n) is 5.74. The fourth-order valence-corrected chi connectivity index (χ4v) is 2.72. The van der Waals surface area contributed by atoms with Gasteiger partial charge >= 0.3 is 0 Å². The number of rotatable bonds is 6. The molecule has 24 heavy (non-hydrogen) atoms. The van der Waals surface area contributed by atoms with E-state index in [4.69, 9.17) is 13.7 Å². The van der Waals surface area contributed by atoms with Gasteiger partial charge in [0.15, 0.2) is 5.82 Å². The molecule has 0 radical (unpaired) electrons. The molecule has 1 fully saturated rings. The molecule has 2 aromatic heterocycles. The average Bonchev–Trinajstić information content (AvgIpc) is 3.30. The Labute approximate surface area is 140 Å². The summed E-state index contributed by atoms with van der Waals surface area (Å²) in [6.45, 7) is 1.94. The van der Waals surface area contributed by atoms with Crippen LogP contribution >= 0.6 is 0 Å². The molecule has 1 aliphatic heterocycles. The van der Waals surface area contributed by atoms with E-state index in [1.54, 1.807) is 31.6 Å². The molecular formula is C17H21N3O4. The number of nitrogens with zero attached hydrogens (tertiary/aromatic N) is 3. The summed E-state index contributed by atoms with van der Waals surface area (Å²) >= 11 is 0. The lowest BCUT2D eigenvalue weighted by molar-refractivity contribution is -0.127. The van der Waals surface area contributed by atoms with Gasteiger partial charge in [-0.25, -0.2) is 0 Å². The number of hydrogen-bond acceptors (Lipinski definition) is 6. The van der Waals surface area contributed by atoms with Gasteiger partial charge < -0.3 is 18.6 Å². The minimum absolute atomic E-state index is 0.00355. The van der Waals surface area contributed by atoms with Crippen LogP contribution in [-0.4, -0.2) is 47.8 Å². The van der Waals surface area contributed by atoms with Crippen molar-refractivity contribution in [1.29, 1.82) is 0 Å². The highest BCUT2D eigenvalue weighted by Gasteiger charge is 2.26. The van der Waals surface area contributed by atoms with Crippen LogP contribution in [-0.2, 0) is 16.0 Å². The van der Waals surface area contributed by atoms with Gasteiger partial charge in [-0.15, -0.1) is 0 Å². The fourth-order valence-electron chi connectivity index (χ4n) is 2.72. The van der Waals surface area contributed by atoms with Crippen molar-refractivity contribution < 1.29 is 18.5 Å². The second kappa shape index (κ2) is 7.92. The van der Waals surface area contributed by atoms with Crippen molar-refractivity contribution in [2.24, 2.45) is 0 Å². The average molecular weight is 331 g/mol. The predicted molar refractivity (Wildman–Crippen MR) is 86.2 cm³/mol. The minimum Gasteiger partial charge on any atom is -0.465 e. The molecule has 0 atom stereocenters. The Hall–Kier alpha value is -2.41. The maximum absolute atomic E-state index is 12.2. The molecule has 0 N–H and O–H groups in total. The molecule has 0 bridgehead atoms. The number of methoxy groups -OCH3 is 1. The van der Waals surface area contributed by atoms with Crippen molar-refractivity contribution in [1.82, 2.24) is 15.0 Å². The third kappa shape index (κ3) is 4.11. The Bertz CT molecular complexity index is 670. The molecule has 3 heterocycles. The summed E-state index contributed by atoms with van der Waals surface area (Å²) in [6, 6.07) is 3.60. The first-order valence-electron chi connectivity index (χ1n) is 8.08. The number of amides is 1. The van der Waals surface area contributed by atoms with Crippen molar-refractivity contribution >= 4 is 12.0 Å². The standard InChI is InChI=1S/C17H21N3O4/c1-22-12-8-15-18-17(24-19-15)13-6-9-20(10-7-13)16(21)5-4-14-3-2-11-23-14/h2-5,11,13H,6-10,12H2,1H3/b5-4+. The van der Waals surface area contributed by atoms with Gasteiger partial charge in [-0.2, -0.15) is 4.98 Å². The van der Waals surface area contributed by atoms with Gasteiger partial charge in [-0.1, -0.05) is 5.16 Å². The van der Waals surface area contributed by atoms with Gasteiger partial charge in [0.1, 0.15) is 5.76 Å². The summed E-state index contributed by atoms with van der Waals surface area (Å²) in [4.78, 5) is 18.4. The summed E-state index contributed by atoms with van der Waals surface area (Å²) < 4.78 is 15.5. The Morgan fingerprint density at radius 2 is 2.29 bits per heavy atom. The lowest BCUT2D eigenvalue weighted by Gasteiger charge is -2.29.